The highest BCUT2D eigenvalue weighted by Gasteiger charge is 2.53. The lowest BCUT2D eigenvalue weighted by atomic mass is 9.88. The highest BCUT2D eigenvalue weighted by Crippen LogP contribution is 2.55. The predicted molar refractivity (Wildman–Crippen MR) is 419 cm³/mol. The van der Waals surface area contributed by atoms with E-state index in [9.17, 15) is 45.0 Å². The van der Waals surface area contributed by atoms with Crippen molar-refractivity contribution < 1.29 is 168 Å². The summed E-state index contributed by atoms with van der Waals surface area (Å²) in [6.45, 7) is 5.63. The van der Waals surface area contributed by atoms with Crippen LogP contribution >= 0.6 is 0 Å². The number of methoxy groups -OCH3 is 7. The number of benzene rings is 9. The Bertz CT molecular complexity index is 5610. The van der Waals surface area contributed by atoms with Gasteiger partial charge in [0.25, 0.3) is 0 Å². The number of hydrogen-bond donors (Lipinski definition) is 6. The molecule has 17 unspecified atom stereocenters. The fourth-order valence-corrected chi connectivity index (χ4v) is 17.4. The van der Waals surface area contributed by atoms with Crippen LogP contribution in [0.1, 0.15) is 68.5 Å². The Morgan fingerprint density at radius 3 is 1.07 bits per heavy atom. The van der Waals surface area contributed by atoms with E-state index in [1.807, 2.05) is 43.3 Å². The van der Waals surface area contributed by atoms with Crippen molar-refractivity contribution >= 4 is 50.2 Å². The second-order valence-electron chi connectivity index (χ2n) is 30.0. The van der Waals surface area contributed by atoms with Gasteiger partial charge in [-0.05, 0) is 119 Å². The van der Waals surface area contributed by atoms with Crippen molar-refractivity contribution in [2.45, 2.75) is 139 Å². The Hall–Kier alpha value is -11.4. The zero-order valence-electron chi connectivity index (χ0n) is 67.4. The summed E-state index contributed by atoms with van der Waals surface area (Å²) in [5, 5.41) is 66.2. The van der Waals surface area contributed by atoms with E-state index in [4.69, 9.17) is 123 Å². The number of carbonyl (C=O) groups is 3. The molecule has 0 radical (unpaired) electrons. The molecule has 11 heterocycles. The van der Waals surface area contributed by atoms with Gasteiger partial charge in [0.05, 0.1) is 85.3 Å². The molecule has 11 aliphatic rings. The summed E-state index contributed by atoms with van der Waals surface area (Å²) in [5.74, 6) is 5.24. The van der Waals surface area contributed by atoms with Gasteiger partial charge in [0, 0.05) is 62.6 Å². The summed E-state index contributed by atoms with van der Waals surface area (Å²) in [4.78, 5) is 39.8. The Morgan fingerprint density at radius 1 is 0.352 bits per heavy atom. The lowest BCUT2D eigenvalue weighted by Gasteiger charge is -2.47. The van der Waals surface area contributed by atoms with E-state index < -0.39 is 105 Å². The normalized spacial score (nSPS) is 27.1. The van der Waals surface area contributed by atoms with Crippen LogP contribution in [0.25, 0.3) is 65.7 Å². The van der Waals surface area contributed by atoms with Crippen LogP contribution in [-0.2, 0) is 71.9 Å². The molecule has 0 aromatic heterocycles. The molecule has 11 aliphatic heterocycles. The largest absolute Gasteiger partial charge is 0.493 e. The zero-order valence-corrected chi connectivity index (χ0v) is 67.4. The van der Waals surface area contributed by atoms with Crippen molar-refractivity contribution in [2.75, 3.05) is 90.0 Å². The van der Waals surface area contributed by atoms with Crippen LogP contribution in [0.2, 0.25) is 0 Å². The fraction of sp³-hybridized carbons (Fsp3) is 0.414. The van der Waals surface area contributed by atoms with Gasteiger partial charge in [0.1, 0.15) is 98.1 Å². The number of aliphatic hydroxyl groups excluding tert-OH is 6. The summed E-state index contributed by atoms with van der Waals surface area (Å²) in [7, 11) is 10.7. The molecule has 20 rings (SSSR count). The smallest absolute Gasteiger partial charge is 0.339 e. The molecule has 9 aromatic rings. The van der Waals surface area contributed by atoms with E-state index >= 15 is 0 Å². The quantitative estimate of drug-likeness (QED) is 0.0371. The van der Waals surface area contributed by atoms with Crippen molar-refractivity contribution in [3.05, 3.63) is 124 Å². The van der Waals surface area contributed by atoms with E-state index in [0.29, 0.717) is 169 Å². The zero-order chi connectivity index (χ0) is 85.0. The minimum Gasteiger partial charge on any atom is -0.493 e. The number of hydrogen-bond acceptors (Lipinski definition) is 35. The highest BCUT2D eigenvalue weighted by molar-refractivity contribution is 6.17. The van der Waals surface area contributed by atoms with Crippen LogP contribution in [0.3, 0.4) is 0 Å². The fourth-order valence-electron chi connectivity index (χ4n) is 17.4. The minimum atomic E-state index is -1.67. The van der Waals surface area contributed by atoms with E-state index in [0.717, 1.165) is 5.56 Å². The molecule has 35 heteroatoms. The van der Waals surface area contributed by atoms with Crippen molar-refractivity contribution in [3.63, 3.8) is 0 Å². The van der Waals surface area contributed by atoms with Gasteiger partial charge in [0.15, 0.2) is 81.6 Å². The molecule has 9 aromatic carbocycles. The Morgan fingerprint density at radius 2 is 0.689 bits per heavy atom. The maximum absolute atomic E-state index is 13.4. The Labute approximate surface area is 694 Å². The number of cyclic esters (lactones) is 3. The third-order valence-corrected chi connectivity index (χ3v) is 23.4. The summed E-state index contributed by atoms with van der Waals surface area (Å²) >= 11 is 0. The molecule has 0 bridgehead atoms. The standard InChI is InChI=1S/C31H32O11.C29H28O12.C27H26O12/c1-14-27-24(12-36-15(2)40-27)41-31(28(14)35-5)42-29-18-10-22(34-4)21(33-3)9-17(18)25(26-19(29)11-37-30(26)32)16-6-7-20-23(8-16)39-13-38-20;1-12-35-10-21-27(39-12)24(30)25(31)29(40-21)41-26-15-8-19(34-3)18(33-2)7-14(15)22(23-16(26)9-36-28(23)32)13-4-5-17-20(6-13)38-11-37-17;1-33-16-6-12-13(7-17(16)34-2)25(39-27-24(31)23(30)22(29)19(8-28)38-27)14-9-35-26(32)21(14)20(12)11-3-4-15-18(5-11)37-10-36-15/h6-10,14-15,24,27-28,31H,11-13H2,1-5H3;4-8,12,21,24-25,27,29-31H,9-11H2,1-3H3;3-7,19,22-24,27-31H,8-10H2,1-2H3. The van der Waals surface area contributed by atoms with Crippen LogP contribution in [0.5, 0.6) is 86.2 Å². The Kier molecular flexibility index (Phi) is 22.1. The number of ether oxygens (including phenoxy) is 26. The molecule has 35 nitrogen and oxygen atoms in total. The van der Waals surface area contributed by atoms with Crippen molar-refractivity contribution in [1.29, 1.82) is 0 Å². The molecular formula is C87H86O35. The topological polar surface area (TPSA) is 413 Å². The molecule has 17 atom stereocenters. The van der Waals surface area contributed by atoms with Crippen LogP contribution in [0, 0.1) is 5.92 Å². The molecule has 122 heavy (non-hydrogen) atoms. The maximum atomic E-state index is 13.4. The summed E-state index contributed by atoms with van der Waals surface area (Å²) in [6.07, 6.45) is -15.9. The molecule has 0 amide bonds. The number of carbonyl (C=O) groups excluding carboxylic acids is 3. The third-order valence-electron chi connectivity index (χ3n) is 23.4. The van der Waals surface area contributed by atoms with E-state index in [2.05, 4.69) is 6.92 Å². The predicted octanol–water partition coefficient (Wildman–Crippen LogP) is 8.05. The first-order valence-corrected chi connectivity index (χ1v) is 39.1. The van der Waals surface area contributed by atoms with Crippen molar-refractivity contribution in [3.8, 4) is 120 Å². The number of esters is 3. The molecule has 0 saturated carbocycles. The average molecular weight is 1690 g/mol. The first kappa shape index (κ1) is 81.6. The van der Waals surface area contributed by atoms with E-state index in [-0.39, 0.29) is 88.3 Å². The molecule has 644 valence electrons. The van der Waals surface area contributed by atoms with Gasteiger partial charge in [-0.25, -0.2) is 14.4 Å². The monoisotopic (exact) mass is 1690 g/mol. The van der Waals surface area contributed by atoms with Crippen molar-refractivity contribution in [1.82, 2.24) is 0 Å². The number of aliphatic hydroxyl groups is 6. The van der Waals surface area contributed by atoms with Crippen LogP contribution < -0.4 is 71.1 Å². The van der Waals surface area contributed by atoms with Crippen LogP contribution in [-0.4, -0.2) is 237 Å². The molecule has 0 aliphatic carbocycles. The lowest BCUT2D eigenvalue weighted by molar-refractivity contribution is -0.343. The van der Waals surface area contributed by atoms with Gasteiger partial charge in [0.2, 0.25) is 39.2 Å². The van der Waals surface area contributed by atoms with Crippen LogP contribution in [0.15, 0.2) is 91.0 Å². The summed E-state index contributed by atoms with van der Waals surface area (Å²) < 4.78 is 149. The molecule has 5 saturated heterocycles. The molecule has 6 N–H and O–H groups in total. The van der Waals surface area contributed by atoms with Gasteiger partial charge in [-0.3, -0.25) is 0 Å². The van der Waals surface area contributed by atoms with E-state index in [1.54, 1.807) is 82.9 Å². The first-order valence-electron chi connectivity index (χ1n) is 39.1. The van der Waals surface area contributed by atoms with Gasteiger partial charge in [-0.15, -0.1) is 0 Å². The summed E-state index contributed by atoms with van der Waals surface area (Å²) in [6, 6.07) is 26.8. The maximum Gasteiger partial charge on any atom is 0.339 e. The minimum absolute atomic E-state index is 0.0288. The second-order valence-corrected chi connectivity index (χ2v) is 30.0. The van der Waals surface area contributed by atoms with Crippen LogP contribution in [0.4, 0.5) is 0 Å². The first-order chi connectivity index (χ1) is 59.1. The highest BCUT2D eigenvalue weighted by atomic mass is 16.8. The number of rotatable bonds is 17. The number of fused-ring (bicyclic) bond motifs is 11. The molecular weight excluding hydrogens is 1600 g/mol. The second kappa shape index (κ2) is 33.1. The van der Waals surface area contributed by atoms with Gasteiger partial charge < -0.3 is 154 Å². The van der Waals surface area contributed by atoms with Gasteiger partial charge >= 0.3 is 17.9 Å². The molecule has 0 spiro atoms. The SMILES string of the molecule is COc1cc2c(OC3OC(CO)C(O)C(O)C3O)c3c(c(-c4ccc5c(c4)OCO5)c2cc1OC)C(=O)OC3.COc1cc2c(OC3OC4COC(C)OC4C(C)C3OC)c3c(c(-c4ccc5c(c4)OCO5)c2cc1OC)C(=O)OC3.COc1cc2c(OC3OC4COC(C)OC4C(O)C3O)c3c(c(-c4ccc5c(c4)OCO5)c2cc1OC)C(=O)OC3. The average Bonchev–Trinajstić information content (AvgIpc) is 1.43. The Balaban J connectivity index is 0.000000125. The lowest BCUT2D eigenvalue weighted by Crippen LogP contribution is -2.63. The molecule has 5 fully saturated rings. The summed E-state index contributed by atoms with van der Waals surface area (Å²) in [5.41, 5.74) is 6.22. The van der Waals surface area contributed by atoms with Crippen molar-refractivity contribution in [2.24, 2.45) is 5.92 Å². The van der Waals surface area contributed by atoms with E-state index in [1.165, 1.54) is 28.4 Å². The third kappa shape index (κ3) is 14.1. The van der Waals surface area contributed by atoms with Gasteiger partial charge in [-0.2, -0.15) is 0 Å². The van der Waals surface area contributed by atoms with Gasteiger partial charge in [-0.1, -0.05) is 25.1 Å².